The lowest BCUT2D eigenvalue weighted by Crippen LogP contribution is -2.46. The highest BCUT2D eigenvalue weighted by Gasteiger charge is 2.31. The maximum absolute atomic E-state index is 12.7. The third kappa shape index (κ3) is 3.93. The van der Waals surface area contributed by atoms with E-state index in [0.29, 0.717) is 19.6 Å². The molecule has 0 saturated carbocycles. The first kappa shape index (κ1) is 16.5. The summed E-state index contributed by atoms with van der Waals surface area (Å²) in [6, 6.07) is 8.52. The number of hydrogen-bond donors (Lipinski definition) is 0. The van der Waals surface area contributed by atoms with Crippen molar-refractivity contribution >= 4 is 15.7 Å². The van der Waals surface area contributed by atoms with Gasteiger partial charge in [0.2, 0.25) is 5.91 Å². The Morgan fingerprint density at radius 2 is 1.96 bits per heavy atom. The molecule has 0 radical (unpaired) electrons. The first-order valence-corrected chi connectivity index (χ1v) is 10.1. The summed E-state index contributed by atoms with van der Waals surface area (Å²) < 4.78 is 23.0. The van der Waals surface area contributed by atoms with Gasteiger partial charge in [0.1, 0.15) is 0 Å². The molecule has 1 amide bonds. The van der Waals surface area contributed by atoms with Crippen LogP contribution < -0.4 is 0 Å². The summed E-state index contributed by atoms with van der Waals surface area (Å²) in [5.41, 5.74) is 2.42. The molecule has 2 saturated heterocycles. The number of carbonyl (C=O) groups excluding carboxylic acids is 1. The van der Waals surface area contributed by atoms with Gasteiger partial charge in [-0.3, -0.25) is 9.69 Å². The molecule has 3 rings (SSSR count). The molecule has 1 aromatic carbocycles. The zero-order valence-electron chi connectivity index (χ0n) is 13.6. The summed E-state index contributed by atoms with van der Waals surface area (Å²) in [6.45, 7) is 4.13. The van der Waals surface area contributed by atoms with E-state index < -0.39 is 9.84 Å². The smallest absolute Gasteiger partial charge is 0.237 e. The summed E-state index contributed by atoms with van der Waals surface area (Å²) in [6.07, 6.45) is 2.03. The fourth-order valence-electron chi connectivity index (χ4n) is 3.48. The van der Waals surface area contributed by atoms with Crippen LogP contribution in [0.4, 0.5) is 0 Å². The quantitative estimate of drug-likeness (QED) is 0.837. The third-order valence-electron chi connectivity index (χ3n) is 4.80. The van der Waals surface area contributed by atoms with Gasteiger partial charge in [0.05, 0.1) is 24.1 Å². The van der Waals surface area contributed by atoms with E-state index in [0.717, 1.165) is 19.4 Å². The number of likely N-dealkylation sites (tertiary alicyclic amines) is 1. The second-order valence-electron chi connectivity index (χ2n) is 6.59. The SMILES string of the molecule is Cc1cccc(C2CCCN2C(=O)CN2CCS(=O)(=O)CC2)c1. The standard InChI is InChI=1S/C17H24N2O3S/c1-14-4-2-5-15(12-14)16-6-3-7-19(16)17(20)13-18-8-10-23(21,22)11-9-18/h2,4-5,12,16H,3,6-11,13H2,1H3. The van der Waals surface area contributed by atoms with Crippen molar-refractivity contribution in [2.75, 3.05) is 37.7 Å². The molecular weight excluding hydrogens is 312 g/mol. The number of sulfone groups is 1. The molecule has 0 aromatic heterocycles. The fraction of sp³-hybridized carbons (Fsp3) is 0.588. The molecule has 0 bridgehead atoms. The zero-order valence-corrected chi connectivity index (χ0v) is 14.4. The van der Waals surface area contributed by atoms with E-state index in [-0.39, 0.29) is 23.5 Å². The average molecular weight is 336 g/mol. The molecule has 2 heterocycles. The molecule has 23 heavy (non-hydrogen) atoms. The molecular formula is C17H24N2O3S. The van der Waals surface area contributed by atoms with Crippen molar-refractivity contribution in [3.05, 3.63) is 35.4 Å². The van der Waals surface area contributed by atoms with Crippen LogP contribution in [0, 0.1) is 6.92 Å². The molecule has 2 aliphatic rings. The summed E-state index contributed by atoms with van der Waals surface area (Å²) in [5, 5.41) is 0. The minimum atomic E-state index is -2.90. The van der Waals surface area contributed by atoms with Crippen LogP contribution in [-0.4, -0.2) is 61.8 Å². The Morgan fingerprint density at radius 3 is 2.65 bits per heavy atom. The summed E-state index contributed by atoms with van der Waals surface area (Å²) in [4.78, 5) is 16.6. The first-order valence-electron chi connectivity index (χ1n) is 8.23. The number of aryl methyl sites for hydroxylation is 1. The molecule has 1 atom stereocenters. The topological polar surface area (TPSA) is 57.7 Å². The largest absolute Gasteiger partial charge is 0.335 e. The number of rotatable bonds is 3. The summed E-state index contributed by atoms with van der Waals surface area (Å²) >= 11 is 0. The van der Waals surface area contributed by atoms with Crippen LogP contribution in [0.3, 0.4) is 0 Å². The maximum atomic E-state index is 12.7. The lowest BCUT2D eigenvalue weighted by atomic mass is 10.0. The van der Waals surface area contributed by atoms with E-state index in [4.69, 9.17) is 0 Å². The molecule has 0 aliphatic carbocycles. The minimum absolute atomic E-state index is 0.119. The van der Waals surface area contributed by atoms with Gasteiger partial charge in [-0.1, -0.05) is 29.8 Å². The van der Waals surface area contributed by atoms with Crippen molar-refractivity contribution in [3.63, 3.8) is 0 Å². The highest BCUT2D eigenvalue weighted by molar-refractivity contribution is 7.91. The average Bonchev–Trinajstić information content (AvgIpc) is 2.99. The minimum Gasteiger partial charge on any atom is -0.335 e. The Balaban J connectivity index is 1.64. The van der Waals surface area contributed by atoms with E-state index in [9.17, 15) is 13.2 Å². The second-order valence-corrected chi connectivity index (χ2v) is 8.89. The first-order chi connectivity index (χ1) is 10.9. The predicted molar refractivity (Wildman–Crippen MR) is 90.0 cm³/mol. The van der Waals surface area contributed by atoms with Crippen LogP contribution in [0.1, 0.15) is 30.0 Å². The van der Waals surface area contributed by atoms with Gasteiger partial charge in [-0.2, -0.15) is 0 Å². The molecule has 5 nitrogen and oxygen atoms in total. The third-order valence-corrected chi connectivity index (χ3v) is 6.41. The Labute approximate surface area is 138 Å². The van der Waals surface area contributed by atoms with Crippen molar-refractivity contribution in [2.45, 2.75) is 25.8 Å². The Kier molecular flexibility index (Phi) is 4.73. The second kappa shape index (κ2) is 6.61. The van der Waals surface area contributed by atoms with Gasteiger partial charge < -0.3 is 4.90 Å². The molecule has 0 N–H and O–H groups in total. The molecule has 2 aliphatic heterocycles. The molecule has 6 heteroatoms. The summed E-state index contributed by atoms with van der Waals surface area (Å²) in [5.74, 6) is 0.455. The van der Waals surface area contributed by atoms with Crippen molar-refractivity contribution < 1.29 is 13.2 Å². The van der Waals surface area contributed by atoms with Gasteiger partial charge in [0, 0.05) is 19.6 Å². The van der Waals surface area contributed by atoms with Gasteiger partial charge in [0.15, 0.2) is 9.84 Å². The van der Waals surface area contributed by atoms with Gasteiger partial charge >= 0.3 is 0 Å². The van der Waals surface area contributed by atoms with Gasteiger partial charge in [-0.25, -0.2) is 8.42 Å². The van der Waals surface area contributed by atoms with Crippen LogP contribution in [0.2, 0.25) is 0 Å². The van der Waals surface area contributed by atoms with Crippen molar-refractivity contribution in [1.29, 1.82) is 0 Å². The maximum Gasteiger partial charge on any atom is 0.237 e. The van der Waals surface area contributed by atoms with E-state index in [1.54, 1.807) is 0 Å². The number of benzene rings is 1. The van der Waals surface area contributed by atoms with Crippen LogP contribution in [0.25, 0.3) is 0 Å². The van der Waals surface area contributed by atoms with E-state index in [2.05, 4.69) is 25.1 Å². The number of amides is 1. The molecule has 2 fully saturated rings. The highest BCUT2D eigenvalue weighted by Crippen LogP contribution is 2.32. The monoisotopic (exact) mass is 336 g/mol. The molecule has 1 aromatic rings. The molecule has 126 valence electrons. The highest BCUT2D eigenvalue weighted by atomic mass is 32.2. The lowest BCUT2D eigenvalue weighted by molar-refractivity contribution is -0.133. The molecule has 1 unspecified atom stereocenters. The number of carbonyl (C=O) groups is 1. The Bertz CT molecular complexity index is 673. The Morgan fingerprint density at radius 1 is 1.22 bits per heavy atom. The van der Waals surface area contributed by atoms with E-state index >= 15 is 0 Å². The van der Waals surface area contributed by atoms with Crippen molar-refractivity contribution in [2.24, 2.45) is 0 Å². The summed E-state index contributed by atoms with van der Waals surface area (Å²) in [7, 11) is -2.90. The van der Waals surface area contributed by atoms with Crippen LogP contribution >= 0.6 is 0 Å². The lowest BCUT2D eigenvalue weighted by Gasteiger charge is -2.30. The van der Waals surface area contributed by atoms with Gasteiger partial charge in [0.25, 0.3) is 0 Å². The van der Waals surface area contributed by atoms with Crippen molar-refractivity contribution in [3.8, 4) is 0 Å². The van der Waals surface area contributed by atoms with Gasteiger partial charge in [-0.05, 0) is 25.3 Å². The number of nitrogens with zero attached hydrogens (tertiary/aromatic N) is 2. The van der Waals surface area contributed by atoms with E-state index in [1.807, 2.05) is 15.9 Å². The van der Waals surface area contributed by atoms with E-state index in [1.165, 1.54) is 11.1 Å². The van der Waals surface area contributed by atoms with Gasteiger partial charge in [-0.15, -0.1) is 0 Å². The fourth-order valence-corrected chi connectivity index (χ4v) is 4.76. The molecule has 0 spiro atoms. The zero-order chi connectivity index (χ0) is 16.4. The van der Waals surface area contributed by atoms with Crippen LogP contribution in [0.15, 0.2) is 24.3 Å². The normalized spacial score (nSPS) is 24.7. The van der Waals surface area contributed by atoms with Crippen LogP contribution in [-0.2, 0) is 14.6 Å². The Hall–Kier alpha value is -1.40. The van der Waals surface area contributed by atoms with Crippen LogP contribution in [0.5, 0.6) is 0 Å². The van der Waals surface area contributed by atoms with Crippen molar-refractivity contribution in [1.82, 2.24) is 9.80 Å². The predicted octanol–water partition coefficient (Wildman–Crippen LogP) is 1.39. The number of hydrogen-bond acceptors (Lipinski definition) is 4.